The van der Waals surface area contributed by atoms with Gasteiger partial charge in [0.05, 0.1) is 23.1 Å². The normalized spacial score (nSPS) is 13.9. The van der Waals surface area contributed by atoms with Crippen LogP contribution in [-0.2, 0) is 31.4 Å². The minimum absolute atomic E-state index is 0.134. The Morgan fingerprint density at radius 1 is 1.07 bits per heavy atom. The fraction of sp³-hybridized carbons (Fsp3) is 0.409. The number of hydrogen-bond donors (Lipinski definition) is 1. The van der Waals surface area contributed by atoms with Crippen LogP contribution in [0.25, 0.3) is 0 Å². The van der Waals surface area contributed by atoms with E-state index in [2.05, 4.69) is 5.32 Å². The van der Waals surface area contributed by atoms with Crippen molar-refractivity contribution in [3.8, 4) is 0 Å². The van der Waals surface area contributed by atoms with E-state index in [1.54, 1.807) is 45.2 Å². The van der Waals surface area contributed by atoms with Gasteiger partial charge in [-0.05, 0) is 43.5 Å². The average molecular weight is 404 g/mol. The summed E-state index contributed by atoms with van der Waals surface area (Å²) in [5.41, 5.74) is 1.20. The number of sulfone groups is 1. The van der Waals surface area contributed by atoms with Crippen LogP contribution in [0, 0.1) is 0 Å². The van der Waals surface area contributed by atoms with Crippen molar-refractivity contribution in [1.29, 1.82) is 0 Å². The topological polar surface area (TPSA) is 72.5 Å². The maximum atomic E-state index is 12.4. The summed E-state index contributed by atoms with van der Waals surface area (Å²) in [6.45, 7) is 5.69. The quantitative estimate of drug-likeness (QED) is 0.696. The van der Waals surface area contributed by atoms with Gasteiger partial charge in [0.2, 0.25) is 5.91 Å². The molecule has 2 aromatic carbocycles. The van der Waals surface area contributed by atoms with Crippen LogP contribution < -0.4 is 5.32 Å². The molecule has 28 heavy (non-hydrogen) atoms. The number of amides is 1. The standard InChI is InChI=1S/C22H29NO4S/c1-5-22(27-4,19-9-7-6-8-10-19)16-23-21(24)15-18-11-13-20(14-12-18)28(25,26)17(2)3/h6-14,17H,5,15-16H2,1-4H3,(H,23,24). The Balaban J connectivity index is 2.04. The van der Waals surface area contributed by atoms with Crippen molar-refractivity contribution >= 4 is 15.7 Å². The van der Waals surface area contributed by atoms with E-state index >= 15 is 0 Å². The molecule has 0 saturated heterocycles. The predicted molar refractivity (Wildman–Crippen MR) is 111 cm³/mol. The molecule has 0 aliphatic carbocycles. The van der Waals surface area contributed by atoms with Crippen LogP contribution in [0.5, 0.6) is 0 Å². The number of carbonyl (C=O) groups excluding carboxylic acids is 1. The highest BCUT2D eigenvalue weighted by Crippen LogP contribution is 2.28. The molecule has 1 unspecified atom stereocenters. The Morgan fingerprint density at radius 3 is 2.18 bits per heavy atom. The molecule has 0 aromatic heterocycles. The fourth-order valence-electron chi connectivity index (χ4n) is 3.07. The van der Waals surface area contributed by atoms with Gasteiger partial charge in [-0.25, -0.2) is 8.42 Å². The molecule has 0 aliphatic heterocycles. The molecule has 0 radical (unpaired) electrons. The van der Waals surface area contributed by atoms with Gasteiger partial charge in [0, 0.05) is 7.11 Å². The minimum Gasteiger partial charge on any atom is -0.372 e. The van der Waals surface area contributed by atoms with E-state index in [0.29, 0.717) is 6.54 Å². The second-order valence-corrected chi connectivity index (χ2v) is 9.61. The molecule has 2 rings (SSSR count). The van der Waals surface area contributed by atoms with Gasteiger partial charge < -0.3 is 10.1 Å². The van der Waals surface area contributed by atoms with E-state index in [9.17, 15) is 13.2 Å². The molecular formula is C22H29NO4S. The molecule has 1 amide bonds. The lowest BCUT2D eigenvalue weighted by atomic mass is 9.90. The first-order chi connectivity index (χ1) is 13.2. The second kappa shape index (κ2) is 9.34. The van der Waals surface area contributed by atoms with Crippen LogP contribution in [0.15, 0.2) is 59.5 Å². The summed E-state index contributed by atoms with van der Waals surface area (Å²) >= 11 is 0. The van der Waals surface area contributed by atoms with Crippen LogP contribution in [0.4, 0.5) is 0 Å². The van der Waals surface area contributed by atoms with Crippen molar-refractivity contribution in [2.45, 2.75) is 49.4 Å². The number of nitrogens with one attached hydrogen (secondary N) is 1. The SMILES string of the molecule is CCC(CNC(=O)Cc1ccc(S(=O)(=O)C(C)C)cc1)(OC)c1ccccc1. The van der Waals surface area contributed by atoms with Gasteiger partial charge in [-0.15, -0.1) is 0 Å². The van der Waals surface area contributed by atoms with E-state index in [0.717, 1.165) is 17.5 Å². The Hall–Kier alpha value is -2.18. The fourth-order valence-corrected chi connectivity index (χ4v) is 4.13. The molecule has 6 heteroatoms. The smallest absolute Gasteiger partial charge is 0.224 e. The number of ether oxygens (including phenoxy) is 1. The van der Waals surface area contributed by atoms with Gasteiger partial charge in [0.15, 0.2) is 9.84 Å². The number of benzene rings is 2. The summed E-state index contributed by atoms with van der Waals surface area (Å²) < 4.78 is 30.1. The highest BCUT2D eigenvalue weighted by molar-refractivity contribution is 7.92. The first-order valence-corrected chi connectivity index (χ1v) is 11.0. The van der Waals surface area contributed by atoms with Crippen molar-refractivity contribution in [2.75, 3.05) is 13.7 Å². The van der Waals surface area contributed by atoms with Gasteiger partial charge in [0.25, 0.3) is 0 Å². The lowest BCUT2D eigenvalue weighted by Crippen LogP contribution is -2.42. The van der Waals surface area contributed by atoms with E-state index in [1.165, 1.54) is 0 Å². The zero-order valence-corrected chi connectivity index (χ0v) is 17.8. The predicted octanol–water partition coefficient (Wildman–Crippen LogP) is 3.48. The summed E-state index contributed by atoms with van der Waals surface area (Å²) in [4.78, 5) is 12.7. The maximum absolute atomic E-state index is 12.4. The van der Waals surface area contributed by atoms with Gasteiger partial charge in [0.1, 0.15) is 5.60 Å². The molecule has 0 bridgehead atoms. The summed E-state index contributed by atoms with van der Waals surface area (Å²) in [7, 11) is -1.66. The van der Waals surface area contributed by atoms with Crippen LogP contribution in [0.3, 0.4) is 0 Å². The second-order valence-electron chi connectivity index (χ2n) is 7.11. The molecule has 0 spiro atoms. The van der Waals surface area contributed by atoms with Crippen molar-refractivity contribution in [1.82, 2.24) is 5.32 Å². The molecule has 2 aromatic rings. The summed E-state index contributed by atoms with van der Waals surface area (Å²) in [6, 6.07) is 16.3. The van der Waals surface area contributed by atoms with Crippen molar-refractivity contribution in [3.05, 3.63) is 65.7 Å². The number of carbonyl (C=O) groups is 1. The van der Waals surface area contributed by atoms with Crippen LogP contribution in [0.1, 0.15) is 38.3 Å². The lowest BCUT2D eigenvalue weighted by molar-refractivity contribution is -0.122. The molecule has 1 atom stereocenters. The largest absolute Gasteiger partial charge is 0.372 e. The zero-order chi connectivity index (χ0) is 20.8. The summed E-state index contributed by atoms with van der Waals surface area (Å²) in [5, 5.41) is 2.48. The molecule has 0 aliphatic rings. The summed E-state index contributed by atoms with van der Waals surface area (Å²) in [6.07, 6.45) is 0.899. The molecular weight excluding hydrogens is 374 g/mol. The maximum Gasteiger partial charge on any atom is 0.224 e. The van der Waals surface area contributed by atoms with Crippen molar-refractivity contribution in [2.24, 2.45) is 0 Å². The molecule has 1 N–H and O–H groups in total. The highest BCUT2D eigenvalue weighted by atomic mass is 32.2. The third kappa shape index (κ3) is 5.00. The van der Waals surface area contributed by atoms with Crippen LogP contribution in [0.2, 0.25) is 0 Å². The van der Waals surface area contributed by atoms with Gasteiger partial charge in [-0.2, -0.15) is 0 Å². The Bertz CT molecular complexity index is 871. The number of rotatable bonds is 9. The molecule has 0 heterocycles. The zero-order valence-electron chi connectivity index (χ0n) is 16.9. The first-order valence-electron chi connectivity index (χ1n) is 9.45. The lowest BCUT2D eigenvalue weighted by Gasteiger charge is -2.32. The Labute approximate surface area is 168 Å². The number of methoxy groups -OCH3 is 1. The number of hydrogen-bond acceptors (Lipinski definition) is 4. The van der Waals surface area contributed by atoms with E-state index < -0.39 is 20.7 Å². The third-order valence-electron chi connectivity index (χ3n) is 5.07. The molecule has 0 fully saturated rings. The molecule has 0 saturated carbocycles. The van der Waals surface area contributed by atoms with Gasteiger partial charge in [-0.3, -0.25) is 4.79 Å². The average Bonchev–Trinajstić information content (AvgIpc) is 2.70. The van der Waals surface area contributed by atoms with E-state index in [-0.39, 0.29) is 17.2 Å². The monoisotopic (exact) mass is 403 g/mol. The van der Waals surface area contributed by atoms with Gasteiger partial charge in [-0.1, -0.05) is 49.4 Å². The van der Waals surface area contributed by atoms with E-state index in [1.807, 2.05) is 37.3 Å². The third-order valence-corrected chi connectivity index (χ3v) is 7.24. The Morgan fingerprint density at radius 2 is 1.68 bits per heavy atom. The highest BCUT2D eigenvalue weighted by Gasteiger charge is 2.30. The molecule has 5 nitrogen and oxygen atoms in total. The van der Waals surface area contributed by atoms with Gasteiger partial charge >= 0.3 is 0 Å². The Kier molecular flexibility index (Phi) is 7.38. The van der Waals surface area contributed by atoms with Crippen LogP contribution in [-0.4, -0.2) is 33.2 Å². The van der Waals surface area contributed by atoms with Crippen molar-refractivity contribution in [3.63, 3.8) is 0 Å². The van der Waals surface area contributed by atoms with Crippen molar-refractivity contribution < 1.29 is 17.9 Å². The first kappa shape index (κ1) is 22.1. The summed E-state index contributed by atoms with van der Waals surface area (Å²) in [5.74, 6) is -0.134. The molecule has 152 valence electrons. The van der Waals surface area contributed by atoms with E-state index in [4.69, 9.17) is 4.74 Å². The van der Waals surface area contributed by atoms with Crippen LogP contribution >= 0.6 is 0 Å². The minimum atomic E-state index is -3.31.